The standard InChI is InChI=1S/C16H23NO/c1-12-4-2-3-5-15(12)17-11-13-6-7-16-14(10-13)8-9-18-16/h6-7,10,12,15,17H,2-5,8-9,11H2,1H3. The molecular formula is C16H23NO. The van der Waals surface area contributed by atoms with Crippen molar-refractivity contribution in [3.8, 4) is 5.75 Å². The van der Waals surface area contributed by atoms with Crippen molar-refractivity contribution in [3.05, 3.63) is 29.3 Å². The fraction of sp³-hybridized carbons (Fsp3) is 0.625. The molecule has 0 saturated heterocycles. The molecule has 1 saturated carbocycles. The lowest BCUT2D eigenvalue weighted by molar-refractivity contribution is 0.279. The van der Waals surface area contributed by atoms with E-state index in [9.17, 15) is 0 Å². The summed E-state index contributed by atoms with van der Waals surface area (Å²) in [7, 11) is 0. The van der Waals surface area contributed by atoms with Crippen LogP contribution in [0.25, 0.3) is 0 Å². The molecule has 2 aliphatic rings. The molecule has 0 amide bonds. The van der Waals surface area contributed by atoms with Crippen LogP contribution in [0.2, 0.25) is 0 Å². The van der Waals surface area contributed by atoms with Crippen LogP contribution in [0, 0.1) is 5.92 Å². The SMILES string of the molecule is CC1CCCCC1NCc1ccc2c(c1)CCO2. The lowest BCUT2D eigenvalue weighted by atomic mass is 9.86. The summed E-state index contributed by atoms with van der Waals surface area (Å²) in [4.78, 5) is 0. The largest absolute Gasteiger partial charge is 0.493 e. The fourth-order valence-electron chi connectivity index (χ4n) is 3.22. The van der Waals surface area contributed by atoms with Gasteiger partial charge in [-0.3, -0.25) is 0 Å². The van der Waals surface area contributed by atoms with Crippen molar-refractivity contribution < 1.29 is 4.74 Å². The third kappa shape index (κ3) is 2.54. The average Bonchev–Trinajstić information content (AvgIpc) is 2.85. The molecule has 0 bridgehead atoms. The molecule has 0 aromatic heterocycles. The first-order valence-electron chi connectivity index (χ1n) is 7.31. The normalized spacial score (nSPS) is 26.7. The Balaban J connectivity index is 1.59. The maximum absolute atomic E-state index is 5.54. The minimum atomic E-state index is 0.711. The van der Waals surface area contributed by atoms with Gasteiger partial charge < -0.3 is 10.1 Å². The highest BCUT2D eigenvalue weighted by molar-refractivity contribution is 5.39. The highest BCUT2D eigenvalue weighted by atomic mass is 16.5. The lowest BCUT2D eigenvalue weighted by Gasteiger charge is -2.29. The second kappa shape index (κ2) is 5.31. The first-order chi connectivity index (χ1) is 8.83. The van der Waals surface area contributed by atoms with Gasteiger partial charge in [0.25, 0.3) is 0 Å². The number of benzene rings is 1. The molecule has 0 radical (unpaired) electrons. The predicted octanol–water partition coefficient (Wildman–Crippen LogP) is 3.29. The van der Waals surface area contributed by atoms with E-state index in [0.717, 1.165) is 31.2 Å². The summed E-state index contributed by atoms with van der Waals surface area (Å²) in [5.41, 5.74) is 2.78. The molecule has 1 aromatic rings. The van der Waals surface area contributed by atoms with E-state index in [0.29, 0.717) is 6.04 Å². The molecule has 3 rings (SSSR count). The van der Waals surface area contributed by atoms with E-state index in [1.54, 1.807) is 0 Å². The van der Waals surface area contributed by atoms with E-state index >= 15 is 0 Å². The van der Waals surface area contributed by atoms with Crippen molar-refractivity contribution in [1.82, 2.24) is 5.32 Å². The van der Waals surface area contributed by atoms with Gasteiger partial charge in [-0.25, -0.2) is 0 Å². The minimum Gasteiger partial charge on any atom is -0.493 e. The van der Waals surface area contributed by atoms with Gasteiger partial charge in [0.2, 0.25) is 0 Å². The first-order valence-corrected chi connectivity index (χ1v) is 7.31. The second-order valence-electron chi connectivity index (χ2n) is 5.79. The van der Waals surface area contributed by atoms with Gasteiger partial charge in [0.05, 0.1) is 6.61 Å². The van der Waals surface area contributed by atoms with Gasteiger partial charge in [-0.15, -0.1) is 0 Å². The lowest BCUT2D eigenvalue weighted by Crippen LogP contribution is -2.36. The molecule has 2 heteroatoms. The van der Waals surface area contributed by atoms with E-state index in [2.05, 4.69) is 30.4 Å². The molecule has 1 N–H and O–H groups in total. The highest BCUT2D eigenvalue weighted by Crippen LogP contribution is 2.27. The average molecular weight is 245 g/mol. The molecule has 18 heavy (non-hydrogen) atoms. The Morgan fingerprint density at radius 3 is 3.06 bits per heavy atom. The van der Waals surface area contributed by atoms with Crippen LogP contribution in [0.15, 0.2) is 18.2 Å². The Kier molecular flexibility index (Phi) is 3.55. The summed E-state index contributed by atoms with van der Waals surface area (Å²) in [6.45, 7) is 4.24. The summed E-state index contributed by atoms with van der Waals surface area (Å²) in [5.74, 6) is 1.92. The van der Waals surface area contributed by atoms with Gasteiger partial charge in [0.15, 0.2) is 0 Å². The zero-order valence-corrected chi connectivity index (χ0v) is 11.2. The summed E-state index contributed by atoms with van der Waals surface area (Å²) in [6, 6.07) is 7.35. The predicted molar refractivity (Wildman–Crippen MR) is 73.9 cm³/mol. The number of fused-ring (bicyclic) bond motifs is 1. The zero-order valence-electron chi connectivity index (χ0n) is 11.2. The molecule has 1 aliphatic carbocycles. The summed E-state index contributed by atoms with van der Waals surface area (Å²) in [5, 5.41) is 3.74. The first kappa shape index (κ1) is 12.0. The third-order valence-electron chi connectivity index (χ3n) is 4.43. The van der Waals surface area contributed by atoms with Crippen molar-refractivity contribution >= 4 is 0 Å². The molecule has 2 unspecified atom stereocenters. The summed E-state index contributed by atoms with van der Waals surface area (Å²) in [6.07, 6.45) is 6.60. The van der Waals surface area contributed by atoms with Crippen LogP contribution < -0.4 is 10.1 Å². The van der Waals surface area contributed by atoms with Crippen molar-refractivity contribution in [2.24, 2.45) is 5.92 Å². The molecule has 1 aromatic carbocycles. The van der Waals surface area contributed by atoms with Crippen LogP contribution in [0.5, 0.6) is 5.75 Å². The fourth-order valence-corrected chi connectivity index (χ4v) is 3.22. The Hall–Kier alpha value is -1.02. The van der Waals surface area contributed by atoms with Gasteiger partial charge in [-0.1, -0.05) is 31.9 Å². The van der Waals surface area contributed by atoms with Gasteiger partial charge >= 0.3 is 0 Å². The van der Waals surface area contributed by atoms with E-state index < -0.39 is 0 Å². The minimum absolute atomic E-state index is 0.711. The molecule has 1 fully saturated rings. The van der Waals surface area contributed by atoms with Crippen LogP contribution in [0.4, 0.5) is 0 Å². The molecule has 1 heterocycles. The van der Waals surface area contributed by atoms with Crippen molar-refractivity contribution in [3.63, 3.8) is 0 Å². The summed E-state index contributed by atoms with van der Waals surface area (Å²) >= 11 is 0. The van der Waals surface area contributed by atoms with Crippen molar-refractivity contribution in [2.45, 2.75) is 51.6 Å². The molecule has 1 aliphatic heterocycles. The quantitative estimate of drug-likeness (QED) is 0.882. The maximum atomic E-state index is 5.54. The van der Waals surface area contributed by atoms with Crippen molar-refractivity contribution in [2.75, 3.05) is 6.61 Å². The number of nitrogens with one attached hydrogen (secondary N) is 1. The van der Waals surface area contributed by atoms with E-state index in [-0.39, 0.29) is 0 Å². The van der Waals surface area contributed by atoms with Gasteiger partial charge in [0.1, 0.15) is 5.75 Å². The van der Waals surface area contributed by atoms with Crippen LogP contribution in [-0.2, 0) is 13.0 Å². The molecule has 98 valence electrons. The van der Waals surface area contributed by atoms with Crippen LogP contribution in [0.1, 0.15) is 43.7 Å². The zero-order chi connectivity index (χ0) is 12.4. The van der Waals surface area contributed by atoms with E-state index in [1.807, 2.05) is 0 Å². The Labute approximate surface area is 110 Å². The second-order valence-corrected chi connectivity index (χ2v) is 5.79. The monoisotopic (exact) mass is 245 g/mol. The van der Waals surface area contributed by atoms with Crippen molar-refractivity contribution in [1.29, 1.82) is 0 Å². The Bertz CT molecular complexity index is 416. The van der Waals surface area contributed by atoms with E-state index in [4.69, 9.17) is 4.74 Å². The Morgan fingerprint density at radius 1 is 1.28 bits per heavy atom. The molecule has 2 nitrogen and oxygen atoms in total. The Morgan fingerprint density at radius 2 is 2.17 bits per heavy atom. The van der Waals surface area contributed by atoms with Crippen LogP contribution in [0.3, 0.4) is 0 Å². The van der Waals surface area contributed by atoms with Crippen LogP contribution >= 0.6 is 0 Å². The van der Waals surface area contributed by atoms with Gasteiger partial charge in [-0.2, -0.15) is 0 Å². The smallest absolute Gasteiger partial charge is 0.122 e. The van der Waals surface area contributed by atoms with Gasteiger partial charge in [0, 0.05) is 19.0 Å². The molecule has 2 atom stereocenters. The summed E-state index contributed by atoms with van der Waals surface area (Å²) < 4.78 is 5.54. The molecule has 0 spiro atoms. The number of hydrogen-bond acceptors (Lipinski definition) is 2. The van der Waals surface area contributed by atoms with E-state index in [1.165, 1.54) is 36.8 Å². The topological polar surface area (TPSA) is 21.3 Å². The number of ether oxygens (including phenoxy) is 1. The number of rotatable bonds is 3. The maximum Gasteiger partial charge on any atom is 0.122 e. The third-order valence-corrected chi connectivity index (χ3v) is 4.43. The molecular weight excluding hydrogens is 222 g/mol. The highest BCUT2D eigenvalue weighted by Gasteiger charge is 2.20. The van der Waals surface area contributed by atoms with Gasteiger partial charge in [-0.05, 0) is 36.0 Å². The number of hydrogen-bond donors (Lipinski definition) is 1. The van der Waals surface area contributed by atoms with Crippen LogP contribution in [-0.4, -0.2) is 12.6 Å².